The molecule has 110 valence electrons. The van der Waals surface area contributed by atoms with Crippen molar-refractivity contribution in [3.8, 4) is 5.75 Å². The van der Waals surface area contributed by atoms with Crippen molar-refractivity contribution in [2.75, 3.05) is 13.7 Å². The highest BCUT2D eigenvalue weighted by Gasteiger charge is 2.16. The van der Waals surface area contributed by atoms with Gasteiger partial charge < -0.3 is 15.2 Å². The van der Waals surface area contributed by atoms with Gasteiger partial charge in [0.1, 0.15) is 5.75 Å². The molecule has 0 saturated heterocycles. The van der Waals surface area contributed by atoms with Crippen LogP contribution in [0.25, 0.3) is 0 Å². The fourth-order valence-electron chi connectivity index (χ4n) is 1.76. The largest absolute Gasteiger partial charge is 0.496 e. The number of nitrogens with one attached hydrogen (secondary N) is 1. The minimum atomic E-state index is -0.909. The molecule has 1 aromatic carbocycles. The van der Waals surface area contributed by atoms with E-state index in [1.807, 2.05) is 0 Å². The van der Waals surface area contributed by atoms with Gasteiger partial charge in [0.2, 0.25) is 5.91 Å². The number of benzene rings is 1. The molecule has 20 heavy (non-hydrogen) atoms. The van der Waals surface area contributed by atoms with E-state index in [9.17, 15) is 9.59 Å². The summed E-state index contributed by atoms with van der Waals surface area (Å²) in [5.74, 6) is -1.16. The topological polar surface area (TPSA) is 75.6 Å². The minimum Gasteiger partial charge on any atom is -0.496 e. The van der Waals surface area contributed by atoms with Crippen molar-refractivity contribution in [3.63, 3.8) is 0 Å². The summed E-state index contributed by atoms with van der Waals surface area (Å²) >= 11 is 5.88. The van der Waals surface area contributed by atoms with E-state index in [1.54, 1.807) is 25.1 Å². The van der Waals surface area contributed by atoms with E-state index < -0.39 is 11.9 Å². The molecule has 0 bridgehead atoms. The Morgan fingerprint density at radius 2 is 2.15 bits per heavy atom. The first-order valence-corrected chi connectivity index (χ1v) is 6.67. The molecule has 1 atom stereocenters. The van der Waals surface area contributed by atoms with Crippen LogP contribution in [0.1, 0.15) is 18.9 Å². The van der Waals surface area contributed by atoms with Gasteiger partial charge in [0, 0.05) is 17.1 Å². The van der Waals surface area contributed by atoms with Crippen molar-refractivity contribution in [2.45, 2.75) is 19.8 Å². The van der Waals surface area contributed by atoms with Crippen molar-refractivity contribution in [3.05, 3.63) is 28.8 Å². The third-order valence-electron chi connectivity index (χ3n) is 2.98. The molecule has 1 rings (SSSR count). The van der Waals surface area contributed by atoms with Crippen molar-refractivity contribution in [2.24, 2.45) is 5.92 Å². The third-order valence-corrected chi connectivity index (χ3v) is 3.22. The van der Waals surface area contributed by atoms with Crippen molar-refractivity contribution in [1.82, 2.24) is 5.32 Å². The fraction of sp³-hybridized carbons (Fsp3) is 0.429. The lowest BCUT2D eigenvalue weighted by atomic mass is 10.1. The molecule has 0 aliphatic rings. The van der Waals surface area contributed by atoms with Crippen LogP contribution in [0, 0.1) is 5.92 Å². The van der Waals surface area contributed by atoms with Gasteiger partial charge in [0.15, 0.2) is 0 Å². The van der Waals surface area contributed by atoms with Gasteiger partial charge >= 0.3 is 5.97 Å². The number of aliphatic carboxylic acids is 1. The normalized spacial score (nSPS) is 11.8. The lowest BCUT2D eigenvalue weighted by Crippen LogP contribution is -2.33. The maximum absolute atomic E-state index is 11.8. The number of rotatable bonds is 7. The average molecular weight is 300 g/mol. The number of methoxy groups -OCH3 is 1. The van der Waals surface area contributed by atoms with Gasteiger partial charge in [0.25, 0.3) is 0 Å². The van der Waals surface area contributed by atoms with Crippen LogP contribution in [0.3, 0.4) is 0 Å². The smallest absolute Gasteiger partial charge is 0.308 e. The Labute approximate surface area is 122 Å². The Morgan fingerprint density at radius 3 is 2.70 bits per heavy atom. The molecule has 1 amide bonds. The van der Waals surface area contributed by atoms with Crippen LogP contribution in [0.4, 0.5) is 0 Å². The van der Waals surface area contributed by atoms with Crippen molar-refractivity contribution >= 4 is 23.5 Å². The van der Waals surface area contributed by atoms with Crippen LogP contribution in [-0.2, 0) is 16.0 Å². The highest BCUT2D eigenvalue weighted by molar-refractivity contribution is 6.30. The Kier molecular flexibility index (Phi) is 6.31. The maximum Gasteiger partial charge on any atom is 0.308 e. The summed E-state index contributed by atoms with van der Waals surface area (Å²) in [4.78, 5) is 22.7. The number of hydrogen-bond donors (Lipinski definition) is 2. The van der Waals surface area contributed by atoms with Crippen molar-refractivity contribution in [1.29, 1.82) is 0 Å². The number of carboxylic acids is 1. The van der Waals surface area contributed by atoms with Gasteiger partial charge in [0.05, 0.1) is 19.4 Å². The summed E-state index contributed by atoms with van der Waals surface area (Å²) in [7, 11) is 1.52. The van der Waals surface area contributed by atoms with E-state index >= 15 is 0 Å². The number of amides is 1. The van der Waals surface area contributed by atoms with E-state index in [1.165, 1.54) is 7.11 Å². The summed E-state index contributed by atoms with van der Waals surface area (Å²) in [5.41, 5.74) is 0.667. The van der Waals surface area contributed by atoms with Gasteiger partial charge in [-0.05, 0) is 24.6 Å². The minimum absolute atomic E-state index is 0.0970. The number of hydrogen-bond acceptors (Lipinski definition) is 3. The van der Waals surface area contributed by atoms with Crippen LogP contribution >= 0.6 is 11.6 Å². The molecule has 0 aromatic heterocycles. The molecule has 0 radical (unpaired) electrons. The monoisotopic (exact) mass is 299 g/mol. The molecule has 0 spiro atoms. The van der Waals surface area contributed by atoms with Crippen LogP contribution < -0.4 is 10.1 Å². The second-order valence-corrected chi connectivity index (χ2v) is 4.82. The quantitative estimate of drug-likeness (QED) is 0.808. The molecule has 1 aromatic rings. The zero-order valence-electron chi connectivity index (χ0n) is 11.5. The zero-order valence-corrected chi connectivity index (χ0v) is 12.2. The molecular formula is C14H18ClNO4. The zero-order chi connectivity index (χ0) is 15.1. The SMILES string of the molecule is CCC(CNC(=O)Cc1cc(Cl)ccc1OC)C(=O)O. The first-order chi connectivity index (χ1) is 9.47. The second kappa shape index (κ2) is 7.75. The first kappa shape index (κ1) is 16.3. The first-order valence-electron chi connectivity index (χ1n) is 6.29. The lowest BCUT2D eigenvalue weighted by molar-refractivity contribution is -0.141. The van der Waals surface area contributed by atoms with Crippen LogP contribution in [0.5, 0.6) is 5.75 Å². The molecule has 0 saturated carbocycles. The number of ether oxygens (including phenoxy) is 1. The average Bonchev–Trinajstić information content (AvgIpc) is 2.39. The molecule has 6 heteroatoms. The molecule has 5 nitrogen and oxygen atoms in total. The molecule has 0 heterocycles. The molecule has 1 unspecified atom stereocenters. The van der Waals surface area contributed by atoms with E-state index in [0.717, 1.165) is 0 Å². The van der Waals surface area contributed by atoms with Gasteiger partial charge in [-0.1, -0.05) is 18.5 Å². The molecule has 0 aliphatic heterocycles. The summed E-state index contributed by atoms with van der Waals surface area (Å²) in [6.07, 6.45) is 0.565. The summed E-state index contributed by atoms with van der Waals surface area (Å²) in [6.45, 7) is 1.89. The van der Waals surface area contributed by atoms with Crippen LogP contribution in [0.2, 0.25) is 5.02 Å². The number of carbonyl (C=O) groups excluding carboxylic acids is 1. The van der Waals surface area contributed by atoms with Gasteiger partial charge in [-0.3, -0.25) is 9.59 Å². The molecular weight excluding hydrogens is 282 g/mol. The van der Waals surface area contributed by atoms with Crippen LogP contribution in [-0.4, -0.2) is 30.6 Å². The lowest BCUT2D eigenvalue weighted by Gasteiger charge is -2.12. The maximum atomic E-state index is 11.8. The molecule has 0 fully saturated rings. The number of halogens is 1. The molecule has 2 N–H and O–H groups in total. The number of carboxylic acid groups (broad SMARTS) is 1. The van der Waals surface area contributed by atoms with Gasteiger partial charge in [-0.25, -0.2) is 0 Å². The van der Waals surface area contributed by atoms with E-state index in [2.05, 4.69) is 5.32 Å². The predicted octanol–water partition coefficient (Wildman–Crippen LogP) is 2.12. The Morgan fingerprint density at radius 1 is 1.45 bits per heavy atom. The Balaban J connectivity index is 2.62. The Hall–Kier alpha value is -1.75. The highest BCUT2D eigenvalue weighted by Crippen LogP contribution is 2.22. The van der Waals surface area contributed by atoms with E-state index in [0.29, 0.717) is 22.8 Å². The highest BCUT2D eigenvalue weighted by atomic mass is 35.5. The van der Waals surface area contributed by atoms with E-state index in [4.69, 9.17) is 21.4 Å². The second-order valence-electron chi connectivity index (χ2n) is 4.38. The van der Waals surface area contributed by atoms with Gasteiger partial charge in [-0.2, -0.15) is 0 Å². The summed E-state index contributed by atoms with van der Waals surface area (Å²) < 4.78 is 5.15. The standard InChI is InChI=1S/C14H18ClNO4/c1-3-9(14(18)19)8-16-13(17)7-10-6-11(15)4-5-12(10)20-2/h4-6,9H,3,7-8H2,1-2H3,(H,16,17)(H,18,19). The van der Waals surface area contributed by atoms with E-state index in [-0.39, 0.29) is 18.9 Å². The number of carbonyl (C=O) groups is 2. The van der Waals surface area contributed by atoms with Crippen molar-refractivity contribution < 1.29 is 19.4 Å². The third kappa shape index (κ3) is 4.74. The van der Waals surface area contributed by atoms with Crippen LogP contribution in [0.15, 0.2) is 18.2 Å². The summed E-state index contributed by atoms with van der Waals surface area (Å²) in [6, 6.07) is 5.03. The predicted molar refractivity (Wildman–Crippen MR) is 76.1 cm³/mol. The Bertz CT molecular complexity index is 490. The fourth-order valence-corrected chi connectivity index (χ4v) is 1.96. The van der Waals surface area contributed by atoms with Gasteiger partial charge in [-0.15, -0.1) is 0 Å². The molecule has 0 aliphatic carbocycles. The summed E-state index contributed by atoms with van der Waals surface area (Å²) in [5, 5.41) is 12.0.